The first-order chi connectivity index (χ1) is 11.0. The van der Waals surface area contributed by atoms with E-state index in [-0.39, 0.29) is 24.3 Å². The molecule has 0 bridgehead atoms. The highest BCUT2D eigenvalue weighted by Gasteiger charge is 2.27. The number of hydrogen-bond acceptors (Lipinski definition) is 3. The SMILES string of the molecule is Cc1[nH]c2ccccc2c1C(=O)[C@@H](C)N(C)CC(=O)NC1CC1. The van der Waals surface area contributed by atoms with Crippen LogP contribution in [0.15, 0.2) is 24.3 Å². The molecular formula is C18H23N3O2. The summed E-state index contributed by atoms with van der Waals surface area (Å²) in [5, 5.41) is 3.90. The fraction of sp³-hybridized carbons (Fsp3) is 0.444. The van der Waals surface area contributed by atoms with Gasteiger partial charge in [-0.1, -0.05) is 18.2 Å². The number of aryl methyl sites for hydroxylation is 1. The van der Waals surface area contributed by atoms with Crippen molar-refractivity contribution in [3.05, 3.63) is 35.5 Å². The molecule has 1 aliphatic carbocycles. The highest BCUT2D eigenvalue weighted by Crippen LogP contribution is 2.24. The van der Waals surface area contributed by atoms with Gasteiger partial charge in [0.15, 0.2) is 5.78 Å². The molecule has 1 fully saturated rings. The number of benzene rings is 1. The summed E-state index contributed by atoms with van der Waals surface area (Å²) in [6.45, 7) is 4.01. The topological polar surface area (TPSA) is 65.2 Å². The van der Waals surface area contributed by atoms with E-state index in [1.807, 2.05) is 45.2 Å². The standard InChI is InChI=1S/C18H23N3O2/c1-11-17(14-6-4-5-7-15(14)19-11)18(23)12(2)21(3)10-16(22)20-13-8-9-13/h4-7,12-13,19H,8-10H2,1-3H3,(H,20,22)/t12-/m1/s1. The van der Waals surface area contributed by atoms with Crippen molar-refractivity contribution in [3.63, 3.8) is 0 Å². The second kappa shape index (κ2) is 6.16. The molecule has 0 unspecified atom stereocenters. The smallest absolute Gasteiger partial charge is 0.234 e. The Balaban J connectivity index is 1.75. The summed E-state index contributed by atoms with van der Waals surface area (Å²) in [4.78, 5) is 29.9. The van der Waals surface area contributed by atoms with Gasteiger partial charge in [-0.3, -0.25) is 14.5 Å². The number of fused-ring (bicyclic) bond motifs is 1. The van der Waals surface area contributed by atoms with Crippen molar-refractivity contribution in [2.24, 2.45) is 0 Å². The van der Waals surface area contributed by atoms with E-state index in [1.165, 1.54) is 0 Å². The number of hydrogen-bond donors (Lipinski definition) is 2. The molecule has 2 aromatic rings. The Morgan fingerprint density at radius 2 is 2.04 bits per heavy atom. The van der Waals surface area contributed by atoms with Gasteiger partial charge in [0.1, 0.15) is 0 Å². The Morgan fingerprint density at radius 1 is 1.35 bits per heavy atom. The fourth-order valence-corrected chi connectivity index (χ4v) is 2.87. The van der Waals surface area contributed by atoms with Gasteiger partial charge in [0.2, 0.25) is 5.91 Å². The lowest BCUT2D eigenvalue weighted by Crippen LogP contribution is -2.43. The maximum atomic E-state index is 12.9. The van der Waals surface area contributed by atoms with E-state index in [2.05, 4.69) is 10.3 Å². The van der Waals surface area contributed by atoms with Gasteiger partial charge < -0.3 is 10.3 Å². The van der Waals surface area contributed by atoms with Crippen LogP contribution in [0.1, 0.15) is 35.8 Å². The molecule has 23 heavy (non-hydrogen) atoms. The summed E-state index contributed by atoms with van der Waals surface area (Å²) in [5.74, 6) is 0.0342. The third-order valence-corrected chi connectivity index (χ3v) is 4.52. The molecule has 5 nitrogen and oxygen atoms in total. The highest BCUT2D eigenvalue weighted by molar-refractivity contribution is 6.11. The maximum absolute atomic E-state index is 12.9. The molecule has 3 rings (SSSR count). The van der Waals surface area contributed by atoms with Crippen LogP contribution in [0.4, 0.5) is 0 Å². The minimum atomic E-state index is -0.349. The number of carbonyl (C=O) groups excluding carboxylic acids is 2. The molecule has 5 heteroatoms. The summed E-state index contributed by atoms with van der Waals surface area (Å²) >= 11 is 0. The van der Waals surface area contributed by atoms with Crippen molar-refractivity contribution in [1.82, 2.24) is 15.2 Å². The second-order valence-corrected chi connectivity index (χ2v) is 6.47. The molecule has 1 aromatic carbocycles. The molecular weight excluding hydrogens is 290 g/mol. The zero-order valence-electron chi connectivity index (χ0n) is 13.8. The number of likely N-dealkylation sites (N-methyl/N-ethyl adjacent to an activating group) is 1. The van der Waals surface area contributed by atoms with E-state index in [9.17, 15) is 9.59 Å². The number of nitrogens with one attached hydrogen (secondary N) is 2. The molecule has 0 aliphatic heterocycles. The number of ketones is 1. The molecule has 0 radical (unpaired) electrons. The van der Waals surface area contributed by atoms with Gasteiger partial charge in [-0.15, -0.1) is 0 Å². The third kappa shape index (κ3) is 3.29. The number of aromatic amines is 1. The molecule has 122 valence electrons. The van der Waals surface area contributed by atoms with Gasteiger partial charge >= 0.3 is 0 Å². The number of aromatic nitrogens is 1. The number of Topliss-reactive ketones (excluding diaryl/α,β-unsaturated/α-hetero) is 1. The van der Waals surface area contributed by atoms with Crippen LogP contribution in [0.2, 0.25) is 0 Å². The van der Waals surface area contributed by atoms with Gasteiger partial charge in [-0.2, -0.15) is 0 Å². The minimum Gasteiger partial charge on any atom is -0.358 e. The lowest BCUT2D eigenvalue weighted by atomic mass is 10.0. The van der Waals surface area contributed by atoms with Crippen molar-refractivity contribution >= 4 is 22.6 Å². The van der Waals surface area contributed by atoms with Crippen molar-refractivity contribution in [2.75, 3.05) is 13.6 Å². The van der Waals surface area contributed by atoms with Crippen LogP contribution in [0.25, 0.3) is 10.9 Å². The molecule has 1 heterocycles. The Bertz CT molecular complexity index is 746. The predicted octanol–water partition coefficient (Wildman–Crippen LogP) is 2.26. The Morgan fingerprint density at radius 3 is 2.74 bits per heavy atom. The summed E-state index contributed by atoms with van der Waals surface area (Å²) in [6.07, 6.45) is 2.14. The summed E-state index contributed by atoms with van der Waals surface area (Å²) in [6, 6.07) is 7.80. The third-order valence-electron chi connectivity index (χ3n) is 4.52. The van der Waals surface area contributed by atoms with E-state index in [0.29, 0.717) is 6.04 Å². The molecule has 1 atom stereocenters. The van der Waals surface area contributed by atoms with Gasteiger partial charge in [0.05, 0.1) is 12.6 Å². The van der Waals surface area contributed by atoms with Crippen LogP contribution < -0.4 is 5.32 Å². The first-order valence-electron chi connectivity index (χ1n) is 8.08. The zero-order chi connectivity index (χ0) is 16.6. The van der Waals surface area contributed by atoms with Crippen molar-refractivity contribution < 1.29 is 9.59 Å². The number of amides is 1. The number of carbonyl (C=O) groups is 2. The van der Waals surface area contributed by atoms with Crippen LogP contribution in [0.5, 0.6) is 0 Å². The van der Waals surface area contributed by atoms with Crippen LogP contribution in [0, 0.1) is 6.92 Å². The molecule has 0 spiro atoms. The summed E-state index contributed by atoms with van der Waals surface area (Å²) in [7, 11) is 1.82. The van der Waals surface area contributed by atoms with Gasteiger partial charge in [0, 0.05) is 28.2 Å². The number of rotatable bonds is 6. The van der Waals surface area contributed by atoms with Crippen LogP contribution in [-0.4, -0.2) is 47.3 Å². The number of nitrogens with zero attached hydrogens (tertiary/aromatic N) is 1. The largest absolute Gasteiger partial charge is 0.358 e. The second-order valence-electron chi connectivity index (χ2n) is 6.47. The van der Waals surface area contributed by atoms with Crippen LogP contribution in [-0.2, 0) is 4.79 Å². The van der Waals surface area contributed by atoms with Gasteiger partial charge in [0.25, 0.3) is 0 Å². The van der Waals surface area contributed by atoms with Gasteiger partial charge in [-0.25, -0.2) is 0 Å². The van der Waals surface area contributed by atoms with Crippen molar-refractivity contribution in [2.45, 2.75) is 38.8 Å². The molecule has 1 saturated carbocycles. The Kier molecular flexibility index (Phi) is 4.22. The highest BCUT2D eigenvalue weighted by atomic mass is 16.2. The van der Waals surface area contributed by atoms with E-state index >= 15 is 0 Å². The predicted molar refractivity (Wildman–Crippen MR) is 90.6 cm³/mol. The summed E-state index contributed by atoms with van der Waals surface area (Å²) in [5.41, 5.74) is 2.57. The van der Waals surface area contributed by atoms with Crippen molar-refractivity contribution in [1.29, 1.82) is 0 Å². The maximum Gasteiger partial charge on any atom is 0.234 e. The first kappa shape index (κ1) is 15.7. The Hall–Kier alpha value is -2.14. The van der Waals surface area contributed by atoms with E-state index in [4.69, 9.17) is 0 Å². The lowest BCUT2D eigenvalue weighted by Gasteiger charge is -2.23. The number of H-pyrrole nitrogens is 1. The van der Waals surface area contributed by atoms with E-state index in [1.54, 1.807) is 4.90 Å². The first-order valence-corrected chi connectivity index (χ1v) is 8.08. The Labute approximate surface area is 136 Å². The average Bonchev–Trinajstić information content (AvgIpc) is 3.25. The normalized spacial score (nSPS) is 15.8. The molecule has 1 aromatic heterocycles. The van der Waals surface area contributed by atoms with Crippen molar-refractivity contribution in [3.8, 4) is 0 Å². The number of para-hydroxylation sites is 1. The quantitative estimate of drug-likeness (QED) is 0.804. The monoisotopic (exact) mass is 313 g/mol. The van der Waals surface area contributed by atoms with Crippen LogP contribution >= 0.6 is 0 Å². The molecule has 1 aliphatic rings. The van der Waals surface area contributed by atoms with E-state index in [0.717, 1.165) is 35.0 Å². The van der Waals surface area contributed by atoms with Gasteiger partial charge in [-0.05, 0) is 39.8 Å². The zero-order valence-corrected chi connectivity index (χ0v) is 13.8. The fourth-order valence-electron chi connectivity index (χ4n) is 2.87. The minimum absolute atomic E-state index is 0.00898. The van der Waals surface area contributed by atoms with Crippen LogP contribution in [0.3, 0.4) is 0 Å². The molecule has 2 N–H and O–H groups in total. The van der Waals surface area contributed by atoms with E-state index < -0.39 is 0 Å². The lowest BCUT2D eigenvalue weighted by molar-refractivity contribution is -0.122. The summed E-state index contributed by atoms with van der Waals surface area (Å²) < 4.78 is 0. The molecule has 1 amide bonds. The molecule has 0 saturated heterocycles. The average molecular weight is 313 g/mol.